The summed E-state index contributed by atoms with van der Waals surface area (Å²) in [6, 6.07) is 5.18. The van der Waals surface area contributed by atoms with Crippen LogP contribution < -0.4 is 16.0 Å². The Morgan fingerprint density at radius 3 is 2.30 bits per heavy atom. The summed E-state index contributed by atoms with van der Waals surface area (Å²) in [5.74, 6) is -1.29. The van der Waals surface area contributed by atoms with E-state index >= 15 is 0 Å². The van der Waals surface area contributed by atoms with Crippen LogP contribution in [-0.4, -0.2) is 36.1 Å². The predicted octanol–water partition coefficient (Wildman–Crippen LogP) is 1.03. The highest BCUT2D eigenvalue weighted by molar-refractivity contribution is 5.93. The van der Waals surface area contributed by atoms with Crippen LogP contribution in [0.5, 0.6) is 0 Å². The molecule has 4 N–H and O–H groups in total. The molecule has 1 aromatic carbocycles. The summed E-state index contributed by atoms with van der Waals surface area (Å²) in [4.78, 5) is 33.4. The van der Waals surface area contributed by atoms with Crippen molar-refractivity contribution >= 4 is 23.6 Å². The molecular formula is C13H17N3O4. The van der Waals surface area contributed by atoms with Crippen molar-refractivity contribution in [2.45, 2.75) is 13.3 Å². The minimum Gasteiger partial charge on any atom is -0.478 e. The highest BCUT2D eigenvalue weighted by atomic mass is 16.4. The number of aromatic carboxylic acids is 1. The summed E-state index contributed by atoms with van der Waals surface area (Å²) in [5.41, 5.74) is 0.580. The zero-order chi connectivity index (χ0) is 15.0. The average molecular weight is 279 g/mol. The zero-order valence-corrected chi connectivity index (χ0v) is 11.1. The smallest absolute Gasteiger partial charge is 0.335 e. The molecule has 0 radical (unpaired) electrons. The molecule has 0 unspecified atom stereocenters. The molecule has 1 aromatic rings. The summed E-state index contributed by atoms with van der Waals surface area (Å²) in [5, 5.41) is 16.2. The van der Waals surface area contributed by atoms with Crippen molar-refractivity contribution in [3.8, 4) is 0 Å². The van der Waals surface area contributed by atoms with Gasteiger partial charge in [-0.1, -0.05) is 6.92 Å². The zero-order valence-electron chi connectivity index (χ0n) is 11.1. The van der Waals surface area contributed by atoms with E-state index in [4.69, 9.17) is 5.11 Å². The Morgan fingerprint density at radius 2 is 1.75 bits per heavy atom. The van der Waals surface area contributed by atoms with Gasteiger partial charge in [-0.25, -0.2) is 9.59 Å². The van der Waals surface area contributed by atoms with Crippen LogP contribution in [-0.2, 0) is 4.79 Å². The Labute approximate surface area is 116 Å². The first kappa shape index (κ1) is 15.5. The number of amides is 3. The predicted molar refractivity (Wildman–Crippen MR) is 73.7 cm³/mol. The first-order valence-corrected chi connectivity index (χ1v) is 6.18. The van der Waals surface area contributed by atoms with Crippen LogP contribution in [0.2, 0.25) is 0 Å². The second-order valence-corrected chi connectivity index (χ2v) is 4.04. The van der Waals surface area contributed by atoms with Crippen molar-refractivity contribution in [3.05, 3.63) is 29.8 Å². The number of anilines is 1. The number of carboxylic acids is 1. The third-order valence-corrected chi connectivity index (χ3v) is 2.37. The SMILES string of the molecule is CCCNC(=O)CNC(=O)Nc1ccc(C(=O)O)cc1. The Bertz CT molecular complexity index is 485. The Morgan fingerprint density at radius 1 is 1.10 bits per heavy atom. The molecule has 0 aromatic heterocycles. The second-order valence-electron chi connectivity index (χ2n) is 4.04. The van der Waals surface area contributed by atoms with Gasteiger partial charge in [-0.3, -0.25) is 4.79 Å². The van der Waals surface area contributed by atoms with Crippen LogP contribution in [0.15, 0.2) is 24.3 Å². The number of nitrogens with one attached hydrogen (secondary N) is 3. The van der Waals surface area contributed by atoms with E-state index in [1.165, 1.54) is 24.3 Å². The van der Waals surface area contributed by atoms with E-state index in [1.54, 1.807) is 0 Å². The highest BCUT2D eigenvalue weighted by Crippen LogP contribution is 2.09. The highest BCUT2D eigenvalue weighted by Gasteiger charge is 2.06. The lowest BCUT2D eigenvalue weighted by molar-refractivity contribution is -0.120. The molecule has 0 aliphatic carbocycles. The molecule has 0 heterocycles. The van der Waals surface area contributed by atoms with E-state index in [2.05, 4.69) is 16.0 Å². The van der Waals surface area contributed by atoms with Crippen molar-refractivity contribution in [1.29, 1.82) is 0 Å². The first-order chi connectivity index (χ1) is 9.52. The molecule has 0 bridgehead atoms. The van der Waals surface area contributed by atoms with Gasteiger partial charge in [-0.05, 0) is 30.7 Å². The normalized spacial score (nSPS) is 9.65. The minimum atomic E-state index is -1.03. The average Bonchev–Trinajstić information content (AvgIpc) is 2.43. The minimum absolute atomic E-state index is 0.112. The number of hydrogen-bond acceptors (Lipinski definition) is 3. The maximum Gasteiger partial charge on any atom is 0.335 e. The van der Waals surface area contributed by atoms with E-state index < -0.39 is 12.0 Å². The standard InChI is InChI=1S/C13H17N3O4/c1-2-7-14-11(17)8-15-13(20)16-10-5-3-9(4-6-10)12(18)19/h3-6H,2,7-8H2,1H3,(H,14,17)(H,18,19)(H2,15,16,20). The molecule has 7 nitrogen and oxygen atoms in total. The molecule has 0 saturated carbocycles. The van der Waals surface area contributed by atoms with Gasteiger partial charge < -0.3 is 21.1 Å². The molecule has 1 rings (SSSR count). The van der Waals surface area contributed by atoms with Crippen molar-refractivity contribution in [2.24, 2.45) is 0 Å². The Kier molecular flexibility index (Phi) is 6.02. The second kappa shape index (κ2) is 7.78. The van der Waals surface area contributed by atoms with Gasteiger partial charge in [0.2, 0.25) is 5.91 Å². The summed E-state index contributed by atoms with van der Waals surface area (Å²) in [6.45, 7) is 2.39. The van der Waals surface area contributed by atoms with Crippen LogP contribution in [0.4, 0.5) is 10.5 Å². The number of rotatable bonds is 6. The van der Waals surface area contributed by atoms with Crippen LogP contribution in [0, 0.1) is 0 Å². The fraction of sp³-hybridized carbons (Fsp3) is 0.308. The summed E-state index contributed by atoms with van der Waals surface area (Å²) in [6.07, 6.45) is 0.827. The van der Waals surface area contributed by atoms with E-state index in [0.29, 0.717) is 12.2 Å². The van der Waals surface area contributed by atoms with Crippen molar-refractivity contribution in [2.75, 3.05) is 18.4 Å². The lowest BCUT2D eigenvalue weighted by atomic mass is 10.2. The number of carboxylic acid groups (broad SMARTS) is 1. The monoisotopic (exact) mass is 279 g/mol. The van der Waals surface area contributed by atoms with Gasteiger partial charge in [0.1, 0.15) is 0 Å². The molecule has 0 aliphatic heterocycles. The van der Waals surface area contributed by atoms with Crippen molar-refractivity contribution < 1.29 is 19.5 Å². The van der Waals surface area contributed by atoms with E-state index in [9.17, 15) is 14.4 Å². The fourth-order valence-electron chi connectivity index (χ4n) is 1.36. The molecule has 0 fully saturated rings. The molecular weight excluding hydrogens is 262 g/mol. The molecule has 0 aliphatic rings. The van der Waals surface area contributed by atoms with Crippen LogP contribution >= 0.6 is 0 Å². The number of carbonyl (C=O) groups excluding carboxylic acids is 2. The van der Waals surface area contributed by atoms with Crippen molar-refractivity contribution in [3.63, 3.8) is 0 Å². The molecule has 20 heavy (non-hydrogen) atoms. The quantitative estimate of drug-likeness (QED) is 0.623. The van der Waals surface area contributed by atoms with Crippen LogP contribution in [0.25, 0.3) is 0 Å². The van der Waals surface area contributed by atoms with Gasteiger partial charge in [0.25, 0.3) is 0 Å². The van der Waals surface area contributed by atoms with Gasteiger partial charge in [-0.15, -0.1) is 0 Å². The van der Waals surface area contributed by atoms with Gasteiger partial charge in [0.05, 0.1) is 12.1 Å². The lowest BCUT2D eigenvalue weighted by Crippen LogP contribution is -2.39. The Balaban J connectivity index is 2.38. The summed E-state index contributed by atoms with van der Waals surface area (Å²) >= 11 is 0. The molecule has 0 atom stereocenters. The van der Waals surface area contributed by atoms with E-state index in [1.807, 2.05) is 6.92 Å². The van der Waals surface area contributed by atoms with Crippen LogP contribution in [0.1, 0.15) is 23.7 Å². The van der Waals surface area contributed by atoms with Crippen LogP contribution in [0.3, 0.4) is 0 Å². The maximum atomic E-state index is 11.5. The number of benzene rings is 1. The molecule has 0 saturated heterocycles. The molecule has 0 spiro atoms. The van der Waals surface area contributed by atoms with Gasteiger partial charge >= 0.3 is 12.0 Å². The lowest BCUT2D eigenvalue weighted by Gasteiger charge is -2.08. The molecule has 7 heteroatoms. The number of urea groups is 1. The topological polar surface area (TPSA) is 108 Å². The summed E-state index contributed by atoms with van der Waals surface area (Å²) < 4.78 is 0. The van der Waals surface area contributed by atoms with E-state index in [-0.39, 0.29) is 18.0 Å². The van der Waals surface area contributed by atoms with Gasteiger partial charge in [-0.2, -0.15) is 0 Å². The van der Waals surface area contributed by atoms with Gasteiger partial charge in [0, 0.05) is 12.2 Å². The van der Waals surface area contributed by atoms with Gasteiger partial charge in [0.15, 0.2) is 0 Å². The first-order valence-electron chi connectivity index (χ1n) is 6.18. The third-order valence-electron chi connectivity index (χ3n) is 2.37. The third kappa shape index (κ3) is 5.38. The largest absolute Gasteiger partial charge is 0.478 e. The number of carbonyl (C=O) groups is 3. The summed E-state index contributed by atoms with van der Waals surface area (Å²) in [7, 11) is 0. The number of hydrogen-bond donors (Lipinski definition) is 4. The van der Waals surface area contributed by atoms with Crippen molar-refractivity contribution in [1.82, 2.24) is 10.6 Å². The molecule has 108 valence electrons. The fourth-order valence-corrected chi connectivity index (χ4v) is 1.36. The molecule has 3 amide bonds. The Hall–Kier alpha value is -2.57. The van der Waals surface area contributed by atoms with E-state index in [0.717, 1.165) is 6.42 Å². The maximum absolute atomic E-state index is 11.5.